The molecule has 94 valence electrons. The Morgan fingerprint density at radius 3 is 2.21 bits per heavy atom. The number of hydrogen-bond acceptors (Lipinski definition) is 4. The predicted octanol–water partition coefficient (Wildman–Crippen LogP) is 2.98. The van der Waals surface area contributed by atoms with Crippen molar-refractivity contribution in [1.82, 2.24) is 9.97 Å². The second-order valence-electron chi connectivity index (χ2n) is 3.76. The molecule has 19 heavy (non-hydrogen) atoms. The lowest BCUT2D eigenvalue weighted by Crippen LogP contribution is -1.99. The molecule has 4 heteroatoms. The first-order chi connectivity index (χ1) is 9.31. The van der Waals surface area contributed by atoms with Gasteiger partial charge in [-0.1, -0.05) is 12.1 Å². The van der Waals surface area contributed by atoms with Crippen LogP contribution in [0.1, 0.15) is 18.3 Å². The highest BCUT2D eigenvalue weighted by Crippen LogP contribution is 2.13. The Kier molecular flexibility index (Phi) is 4.29. The van der Waals surface area contributed by atoms with Gasteiger partial charge in [0.25, 0.3) is 0 Å². The Labute approximate surface area is 112 Å². The molecule has 4 nitrogen and oxygen atoms in total. The molecule has 1 N–H and O–H groups in total. The highest BCUT2D eigenvalue weighted by atomic mass is 14.8. The van der Waals surface area contributed by atoms with Gasteiger partial charge in [0.05, 0.1) is 22.8 Å². The molecule has 0 saturated carbocycles. The first-order valence-corrected chi connectivity index (χ1v) is 5.93. The molecule has 0 radical (unpaired) electrons. The monoisotopic (exact) mass is 250 g/mol. The number of aromatic nitrogens is 2. The molecular weight excluding hydrogens is 236 g/mol. The summed E-state index contributed by atoms with van der Waals surface area (Å²) in [5.41, 5.74) is 2.31. The van der Waals surface area contributed by atoms with E-state index in [0.717, 1.165) is 5.69 Å². The summed E-state index contributed by atoms with van der Waals surface area (Å²) in [5, 5.41) is 8.05. The number of rotatable bonds is 4. The number of aliphatic imine (C=N–C) groups is 1. The summed E-state index contributed by atoms with van der Waals surface area (Å²) in [7, 11) is 0. The van der Waals surface area contributed by atoms with Gasteiger partial charge in [-0.05, 0) is 37.3 Å². The van der Waals surface area contributed by atoms with E-state index in [4.69, 9.17) is 5.41 Å². The summed E-state index contributed by atoms with van der Waals surface area (Å²) in [5.74, 6) is 0. The van der Waals surface area contributed by atoms with Crippen LogP contribution in [0.4, 0.5) is 0 Å². The van der Waals surface area contributed by atoms with Crippen LogP contribution in [-0.4, -0.2) is 21.9 Å². The predicted molar refractivity (Wildman–Crippen MR) is 77.4 cm³/mol. The Morgan fingerprint density at radius 1 is 1.05 bits per heavy atom. The summed E-state index contributed by atoms with van der Waals surface area (Å²) in [6, 6.07) is 11.1. The number of nitrogens with zero attached hydrogens (tertiary/aromatic N) is 3. The number of pyridine rings is 2. The van der Waals surface area contributed by atoms with Gasteiger partial charge in [-0.25, -0.2) is 0 Å². The second kappa shape index (κ2) is 6.35. The molecule has 0 saturated heterocycles. The summed E-state index contributed by atoms with van der Waals surface area (Å²) < 4.78 is 0. The maximum atomic E-state index is 8.05. The minimum absolute atomic E-state index is 0.312. The number of allylic oxidation sites excluding steroid dienone is 1. The van der Waals surface area contributed by atoms with Crippen LogP contribution in [0.15, 0.2) is 59.9 Å². The smallest absolute Gasteiger partial charge is 0.0904 e. The van der Waals surface area contributed by atoms with E-state index in [2.05, 4.69) is 15.0 Å². The third-order valence-electron chi connectivity index (χ3n) is 2.42. The van der Waals surface area contributed by atoms with Crippen LogP contribution in [0.25, 0.3) is 5.70 Å². The maximum absolute atomic E-state index is 8.05. The molecule has 0 fully saturated rings. The average molecular weight is 250 g/mol. The molecule has 0 aliphatic rings. The quantitative estimate of drug-likeness (QED) is 0.848. The van der Waals surface area contributed by atoms with Crippen molar-refractivity contribution < 1.29 is 0 Å². The van der Waals surface area contributed by atoms with E-state index in [9.17, 15) is 0 Å². The van der Waals surface area contributed by atoms with Crippen molar-refractivity contribution in [2.24, 2.45) is 4.99 Å². The van der Waals surface area contributed by atoms with E-state index >= 15 is 0 Å². The first-order valence-electron chi connectivity index (χ1n) is 5.93. The van der Waals surface area contributed by atoms with Crippen LogP contribution in [0.2, 0.25) is 0 Å². The van der Waals surface area contributed by atoms with Crippen LogP contribution < -0.4 is 0 Å². The molecule has 2 aromatic rings. The van der Waals surface area contributed by atoms with Crippen LogP contribution in [-0.2, 0) is 0 Å². The Bertz CT molecular complexity index is 601. The lowest BCUT2D eigenvalue weighted by Gasteiger charge is -2.02. The highest BCUT2D eigenvalue weighted by molar-refractivity contribution is 6.09. The molecular formula is C15H14N4. The fraction of sp³-hybridized carbons (Fsp3) is 0.0667. The van der Waals surface area contributed by atoms with Crippen molar-refractivity contribution in [1.29, 1.82) is 5.41 Å². The van der Waals surface area contributed by atoms with Crippen molar-refractivity contribution >= 4 is 17.6 Å². The standard InChI is InChI=1S/C15H14N4/c1-2-17-15(14-8-4-6-10-19-14)11-12(16)13-7-3-5-9-18-13/h2-11,16H,1H3/b15-11-,16-12?,17-2?. The summed E-state index contributed by atoms with van der Waals surface area (Å²) in [4.78, 5) is 12.7. The minimum atomic E-state index is 0.312. The van der Waals surface area contributed by atoms with E-state index in [1.54, 1.807) is 30.8 Å². The molecule has 0 aliphatic carbocycles. The fourth-order valence-electron chi connectivity index (χ4n) is 1.56. The van der Waals surface area contributed by atoms with Crippen LogP contribution in [0.5, 0.6) is 0 Å². The Morgan fingerprint density at radius 2 is 1.68 bits per heavy atom. The topological polar surface area (TPSA) is 62.0 Å². The normalized spacial score (nSPS) is 11.7. The fourth-order valence-corrected chi connectivity index (χ4v) is 1.56. The van der Waals surface area contributed by atoms with Crippen LogP contribution in [0.3, 0.4) is 0 Å². The Balaban J connectivity index is 2.35. The molecule has 2 rings (SSSR count). The van der Waals surface area contributed by atoms with Crippen molar-refractivity contribution in [2.75, 3.05) is 0 Å². The van der Waals surface area contributed by atoms with Gasteiger partial charge in [0.1, 0.15) is 0 Å². The zero-order valence-corrected chi connectivity index (χ0v) is 10.6. The molecule has 2 aromatic heterocycles. The lowest BCUT2D eigenvalue weighted by molar-refractivity contribution is 1.25. The van der Waals surface area contributed by atoms with Gasteiger partial charge in [0.15, 0.2) is 0 Å². The van der Waals surface area contributed by atoms with Gasteiger partial charge in [-0.3, -0.25) is 20.4 Å². The van der Waals surface area contributed by atoms with E-state index in [0.29, 0.717) is 17.1 Å². The molecule has 0 unspecified atom stereocenters. The van der Waals surface area contributed by atoms with Crippen molar-refractivity contribution in [3.8, 4) is 0 Å². The molecule has 0 spiro atoms. The van der Waals surface area contributed by atoms with E-state index < -0.39 is 0 Å². The summed E-state index contributed by atoms with van der Waals surface area (Å²) in [6.45, 7) is 1.83. The molecule has 0 atom stereocenters. The Hall–Kier alpha value is -2.62. The number of nitrogens with one attached hydrogen (secondary N) is 1. The maximum Gasteiger partial charge on any atom is 0.0904 e. The average Bonchev–Trinajstić information content (AvgIpc) is 2.48. The van der Waals surface area contributed by atoms with Gasteiger partial charge in [-0.15, -0.1) is 0 Å². The van der Waals surface area contributed by atoms with Crippen molar-refractivity contribution in [3.05, 3.63) is 66.3 Å². The van der Waals surface area contributed by atoms with Gasteiger partial charge in [0.2, 0.25) is 0 Å². The summed E-state index contributed by atoms with van der Waals surface area (Å²) >= 11 is 0. The van der Waals surface area contributed by atoms with Gasteiger partial charge in [-0.2, -0.15) is 0 Å². The van der Waals surface area contributed by atoms with Gasteiger partial charge >= 0.3 is 0 Å². The first kappa shape index (κ1) is 12.8. The summed E-state index contributed by atoms with van der Waals surface area (Å²) in [6.07, 6.45) is 6.73. The zero-order valence-electron chi connectivity index (χ0n) is 10.6. The van der Waals surface area contributed by atoms with E-state index in [-0.39, 0.29) is 0 Å². The second-order valence-corrected chi connectivity index (χ2v) is 3.76. The van der Waals surface area contributed by atoms with Gasteiger partial charge < -0.3 is 0 Å². The van der Waals surface area contributed by atoms with E-state index in [1.807, 2.05) is 37.3 Å². The minimum Gasteiger partial charge on any atom is -0.299 e. The lowest BCUT2D eigenvalue weighted by atomic mass is 10.2. The van der Waals surface area contributed by atoms with Gasteiger partial charge in [0, 0.05) is 18.6 Å². The molecule has 0 amide bonds. The van der Waals surface area contributed by atoms with Crippen LogP contribution >= 0.6 is 0 Å². The third-order valence-corrected chi connectivity index (χ3v) is 2.42. The molecule has 0 bridgehead atoms. The number of hydrogen-bond donors (Lipinski definition) is 1. The van der Waals surface area contributed by atoms with Crippen molar-refractivity contribution in [3.63, 3.8) is 0 Å². The highest BCUT2D eigenvalue weighted by Gasteiger charge is 2.04. The zero-order chi connectivity index (χ0) is 13.5. The molecule has 2 heterocycles. The SMILES string of the molecule is CC=N/C(=C\C(=N)c1ccccn1)c1ccccn1. The van der Waals surface area contributed by atoms with Crippen molar-refractivity contribution in [2.45, 2.75) is 6.92 Å². The van der Waals surface area contributed by atoms with Crippen LogP contribution in [0, 0.1) is 5.41 Å². The third kappa shape index (κ3) is 3.42. The largest absolute Gasteiger partial charge is 0.299 e. The molecule has 0 aliphatic heterocycles. The molecule has 0 aromatic carbocycles. The van der Waals surface area contributed by atoms with E-state index in [1.165, 1.54) is 0 Å².